The van der Waals surface area contributed by atoms with Crippen LogP contribution in [0.4, 0.5) is 0 Å². The molecule has 0 aliphatic carbocycles. The highest BCUT2D eigenvalue weighted by Gasteiger charge is 2.12. The van der Waals surface area contributed by atoms with Crippen LogP contribution in [0.3, 0.4) is 0 Å². The second-order valence-electron chi connectivity index (χ2n) is 5.00. The van der Waals surface area contributed by atoms with E-state index in [-0.39, 0.29) is 11.1 Å². The van der Waals surface area contributed by atoms with Crippen molar-refractivity contribution in [3.8, 4) is 11.4 Å². The van der Waals surface area contributed by atoms with E-state index in [0.717, 1.165) is 0 Å². The molecule has 1 aromatic carbocycles. The maximum absolute atomic E-state index is 12.7. The van der Waals surface area contributed by atoms with Crippen molar-refractivity contribution >= 4 is 16.8 Å². The van der Waals surface area contributed by atoms with Crippen molar-refractivity contribution in [3.05, 3.63) is 52.7 Å². The van der Waals surface area contributed by atoms with Crippen molar-refractivity contribution in [3.63, 3.8) is 0 Å². The number of benzene rings is 1. The molecule has 0 unspecified atom stereocenters. The Morgan fingerprint density at radius 3 is 2.87 bits per heavy atom. The van der Waals surface area contributed by atoms with Crippen LogP contribution in [0.5, 0.6) is 5.75 Å². The number of aryl methyl sites for hydroxylation is 1. The summed E-state index contributed by atoms with van der Waals surface area (Å²) in [5, 5.41) is 12.2. The summed E-state index contributed by atoms with van der Waals surface area (Å²) in [6.07, 6.45) is 1.68. The van der Waals surface area contributed by atoms with Gasteiger partial charge in [0.1, 0.15) is 17.1 Å². The smallest absolute Gasteiger partial charge is 0.285 e. The highest BCUT2D eigenvalue weighted by atomic mass is 16.5. The summed E-state index contributed by atoms with van der Waals surface area (Å²) in [7, 11) is 1.58. The third-order valence-corrected chi connectivity index (χ3v) is 3.54. The summed E-state index contributed by atoms with van der Waals surface area (Å²) in [5.41, 5.74) is 1.21. The van der Waals surface area contributed by atoms with E-state index in [1.807, 2.05) is 18.2 Å². The van der Waals surface area contributed by atoms with Gasteiger partial charge in [-0.1, -0.05) is 6.07 Å². The van der Waals surface area contributed by atoms with E-state index in [1.54, 1.807) is 32.4 Å². The summed E-state index contributed by atoms with van der Waals surface area (Å²) in [5.74, 6) is 1.61. The van der Waals surface area contributed by atoms with Crippen molar-refractivity contribution in [2.45, 2.75) is 6.92 Å². The van der Waals surface area contributed by atoms with Crippen LogP contribution in [0.15, 0.2) is 41.3 Å². The molecular formula is C15H12N6O2. The average Bonchev–Trinajstić information content (AvgIpc) is 2.96. The van der Waals surface area contributed by atoms with Gasteiger partial charge >= 0.3 is 0 Å². The van der Waals surface area contributed by atoms with Gasteiger partial charge in [-0.25, -0.2) is 0 Å². The first-order valence-corrected chi connectivity index (χ1v) is 6.93. The van der Waals surface area contributed by atoms with Gasteiger partial charge in [0.05, 0.1) is 12.8 Å². The Kier molecular flexibility index (Phi) is 2.83. The Morgan fingerprint density at radius 1 is 1.17 bits per heavy atom. The van der Waals surface area contributed by atoms with Crippen LogP contribution in [0.2, 0.25) is 0 Å². The summed E-state index contributed by atoms with van der Waals surface area (Å²) in [6, 6.07) is 9.00. The van der Waals surface area contributed by atoms with E-state index >= 15 is 0 Å². The lowest BCUT2D eigenvalue weighted by atomic mass is 10.3. The minimum atomic E-state index is -0.279. The van der Waals surface area contributed by atoms with E-state index in [2.05, 4.69) is 20.3 Å². The molecule has 0 N–H and O–H groups in total. The molecule has 8 heteroatoms. The van der Waals surface area contributed by atoms with Crippen molar-refractivity contribution in [1.82, 2.24) is 29.4 Å². The standard InChI is InChI=1S/C15H12N6O2/c1-9-16-15-18-17-13-12(21(15)19-9)6-7-20(14(13)22)10-4-3-5-11(8-10)23-2/h3-8H,1-2H3. The third-order valence-electron chi connectivity index (χ3n) is 3.54. The zero-order valence-corrected chi connectivity index (χ0v) is 12.5. The Morgan fingerprint density at radius 2 is 2.04 bits per heavy atom. The van der Waals surface area contributed by atoms with Gasteiger partial charge < -0.3 is 4.74 Å². The lowest BCUT2D eigenvalue weighted by Gasteiger charge is -2.08. The van der Waals surface area contributed by atoms with Crippen LogP contribution in [0.1, 0.15) is 5.82 Å². The molecule has 0 aliphatic heterocycles. The minimum absolute atomic E-state index is 0.229. The molecule has 0 saturated carbocycles. The number of hydrogen-bond donors (Lipinski definition) is 0. The first-order chi connectivity index (χ1) is 11.2. The van der Waals surface area contributed by atoms with Gasteiger partial charge in [0.25, 0.3) is 11.3 Å². The Labute approximate surface area is 130 Å². The fourth-order valence-corrected chi connectivity index (χ4v) is 2.47. The molecule has 3 aromatic heterocycles. The van der Waals surface area contributed by atoms with Crippen LogP contribution in [0, 0.1) is 6.92 Å². The van der Waals surface area contributed by atoms with Gasteiger partial charge in [0.2, 0.25) is 0 Å². The minimum Gasteiger partial charge on any atom is -0.497 e. The zero-order chi connectivity index (χ0) is 16.0. The number of nitrogens with zero attached hydrogens (tertiary/aromatic N) is 6. The first kappa shape index (κ1) is 13.4. The van der Waals surface area contributed by atoms with Gasteiger partial charge in [-0.2, -0.15) is 9.50 Å². The van der Waals surface area contributed by atoms with Gasteiger partial charge in [-0.3, -0.25) is 9.36 Å². The van der Waals surface area contributed by atoms with Crippen molar-refractivity contribution < 1.29 is 4.74 Å². The van der Waals surface area contributed by atoms with Gasteiger partial charge in [-0.05, 0) is 25.1 Å². The highest BCUT2D eigenvalue weighted by Crippen LogP contribution is 2.16. The monoisotopic (exact) mass is 308 g/mol. The van der Waals surface area contributed by atoms with Gasteiger partial charge in [0, 0.05) is 12.3 Å². The largest absolute Gasteiger partial charge is 0.497 e. The molecule has 23 heavy (non-hydrogen) atoms. The second-order valence-corrected chi connectivity index (χ2v) is 5.00. The molecule has 0 spiro atoms. The van der Waals surface area contributed by atoms with Crippen molar-refractivity contribution in [2.24, 2.45) is 0 Å². The highest BCUT2D eigenvalue weighted by molar-refractivity contribution is 5.74. The van der Waals surface area contributed by atoms with Crippen molar-refractivity contribution in [1.29, 1.82) is 0 Å². The van der Waals surface area contributed by atoms with E-state index in [9.17, 15) is 4.79 Å². The van der Waals surface area contributed by atoms with E-state index in [1.165, 1.54) is 9.08 Å². The molecule has 0 radical (unpaired) electrons. The van der Waals surface area contributed by atoms with Crippen LogP contribution >= 0.6 is 0 Å². The number of methoxy groups -OCH3 is 1. The second kappa shape index (κ2) is 4.87. The summed E-state index contributed by atoms with van der Waals surface area (Å²) in [6.45, 7) is 1.76. The lowest BCUT2D eigenvalue weighted by molar-refractivity contribution is 0.414. The number of ether oxygens (including phenoxy) is 1. The summed E-state index contributed by atoms with van der Waals surface area (Å²) in [4.78, 5) is 16.9. The number of aromatic nitrogens is 6. The summed E-state index contributed by atoms with van der Waals surface area (Å²) < 4.78 is 8.22. The number of hydrogen-bond acceptors (Lipinski definition) is 6. The van der Waals surface area contributed by atoms with Crippen LogP contribution in [-0.2, 0) is 0 Å². The van der Waals surface area contributed by atoms with Crippen LogP contribution in [-0.4, -0.2) is 36.5 Å². The molecule has 0 amide bonds. The molecule has 4 rings (SSSR count). The molecule has 114 valence electrons. The fraction of sp³-hybridized carbons (Fsp3) is 0.133. The molecule has 0 aliphatic rings. The number of fused-ring (bicyclic) bond motifs is 3. The normalized spacial score (nSPS) is 11.2. The third kappa shape index (κ3) is 2.03. The molecule has 0 bridgehead atoms. The number of rotatable bonds is 2. The predicted molar refractivity (Wildman–Crippen MR) is 83.0 cm³/mol. The Balaban J connectivity index is 2.01. The quantitative estimate of drug-likeness (QED) is 0.552. The SMILES string of the molecule is COc1cccc(-n2ccc3c(nnc4nc(C)nn43)c2=O)c1. The average molecular weight is 308 g/mol. The predicted octanol–water partition coefficient (Wildman–Crippen LogP) is 1.14. The van der Waals surface area contributed by atoms with Gasteiger partial charge in [-0.15, -0.1) is 15.3 Å². The lowest BCUT2D eigenvalue weighted by Crippen LogP contribution is -2.20. The van der Waals surface area contributed by atoms with Crippen molar-refractivity contribution in [2.75, 3.05) is 7.11 Å². The van der Waals surface area contributed by atoms with Crippen LogP contribution in [0.25, 0.3) is 22.5 Å². The topological polar surface area (TPSA) is 87.2 Å². The van der Waals surface area contributed by atoms with E-state index in [4.69, 9.17) is 4.74 Å². The molecule has 0 saturated heterocycles. The Bertz CT molecular complexity index is 1100. The molecule has 3 heterocycles. The Hall–Kier alpha value is -3.29. The molecule has 8 nitrogen and oxygen atoms in total. The number of pyridine rings is 1. The van der Waals surface area contributed by atoms with E-state index in [0.29, 0.717) is 28.6 Å². The molecule has 0 atom stereocenters. The first-order valence-electron chi connectivity index (χ1n) is 6.93. The maximum Gasteiger partial charge on any atom is 0.285 e. The van der Waals surface area contributed by atoms with Crippen LogP contribution < -0.4 is 10.3 Å². The molecule has 0 fully saturated rings. The van der Waals surface area contributed by atoms with E-state index < -0.39 is 0 Å². The molecular weight excluding hydrogens is 296 g/mol. The maximum atomic E-state index is 12.7. The zero-order valence-electron chi connectivity index (χ0n) is 12.5. The fourth-order valence-electron chi connectivity index (χ4n) is 2.47. The van der Waals surface area contributed by atoms with Gasteiger partial charge in [0.15, 0.2) is 5.52 Å². The summed E-state index contributed by atoms with van der Waals surface area (Å²) >= 11 is 0. The molecule has 4 aromatic rings.